The van der Waals surface area contributed by atoms with E-state index in [0.717, 1.165) is 29.1 Å². The Morgan fingerprint density at radius 1 is 0.815 bits per heavy atom. The van der Waals surface area contributed by atoms with Gasteiger partial charge < -0.3 is 16.4 Å². The molecule has 4 aromatic rings. The lowest BCUT2D eigenvalue weighted by Crippen LogP contribution is -2.06. The molecular formula is C19H14F2N6. The first-order valence-corrected chi connectivity index (χ1v) is 8.05. The van der Waals surface area contributed by atoms with Crippen LogP contribution in [0.3, 0.4) is 0 Å². The molecule has 0 bridgehead atoms. The van der Waals surface area contributed by atoms with Gasteiger partial charge in [0.15, 0.2) is 11.6 Å². The largest absolute Gasteiger partial charge is 0.393 e. The van der Waals surface area contributed by atoms with Gasteiger partial charge in [-0.15, -0.1) is 0 Å². The van der Waals surface area contributed by atoms with Crippen LogP contribution >= 0.6 is 0 Å². The fourth-order valence-corrected chi connectivity index (χ4v) is 2.65. The second-order valence-corrected chi connectivity index (χ2v) is 5.74. The summed E-state index contributed by atoms with van der Waals surface area (Å²) in [6.07, 6.45) is 2.97. The molecule has 0 amide bonds. The van der Waals surface area contributed by atoms with Crippen LogP contribution in [-0.4, -0.2) is 15.0 Å². The summed E-state index contributed by atoms with van der Waals surface area (Å²) in [4.78, 5) is 12.5. The number of benzene rings is 2. The minimum absolute atomic E-state index is 0.0711. The molecule has 0 atom stereocenters. The summed E-state index contributed by atoms with van der Waals surface area (Å²) in [7, 11) is 0. The molecule has 0 saturated carbocycles. The van der Waals surface area contributed by atoms with E-state index in [1.54, 1.807) is 6.20 Å². The van der Waals surface area contributed by atoms with Gasteiger partial charge in [0.1, 0.15) is 23.6 Å². The van der Waals surface area contributed by atoms with Gasteiger partial charge in [-0.3, -0.25) is 4.98 Å². The van der Waals surface area contributed by atoms with Crippen LogP contribution in [0.15, 0.2) is 61.1 Å². The van der Waals surface area contributed by atoms with E-state index in [1.165, 1.54) is 6.33 Å². The van der Waals surface area contributed by atoms with Gasteiger partial charge in [0.2, 0.25) is 0 Å². The van der Waals surface area contributed by atoms with E-state index in [4.69, 9.17) is 5.73 Å². The molecule has 4 N–H and O–H groups in total. The van der Waals surface area contributed by atoms with Crippen molar-refractivity contribution in [2.45, 2.75) is 0 Å². The lowest BCUT2D eigenvalue weighted by molar-refractivity contribution is 0.603. The number of nitrogens with zero attached hydrogens (tertiary/aromatic N) is 3. The van der Waals surface area contributed by atoms with Gasteiger partial charge in [-0.1, -0.05) is 18.2 Å². The number of nitrogens with one attached hydrogen (secondary N) is 2. The second-order valence-electron chi connectivity index (χ2n) is 5.74. The zero-order chi connectivity index (χ0) is 18.8. The molecule has 8 heteroatoms. The smallest absolute Gasteiger partial charge is 0.159 e. The van der Waals surface area contributed by atoms with E-state index in [0.29, 0.717) is 11.5 Å². The SMILES string of the molecule is Nc1c(Nc2cc(F)ccc2F)ncnc1Nc1cccc2cccnc12. The van der Waals surface area contributed by atoms with Crippen molar-refractivity contribution in [3.63, 3.8) is 0 Å². The summed E-state index contributed by atoms with van der Waals surface area (Å²) in [5.74, 6) is -0.721. The van der Waals surface area contributed by atoms with Crippen molar-refractivity contribution >= 4 is 39.6 Å². The highest BCUT2D eigenvalue weighted by atomic mass is 19.1. The number of rotatable bonds is 4. The number of nitrogen functional groups attached to an aromatic ring is 1. The maximum absolute atomic E-state index is 13.9. The number of fused-ring (bicyclic) bond motifs is 1. The number of aromatic nitrogens is 3. The van der Waals surface area contributed by atoms with E-state index >= 15 is 0 Å². The number of pyridine rings is 1. The summed E-state index contributed by atoms with van der Waals surface area (Å²) in [5.41, 5.74) is 7.68. The third kappa shape index (κ3) is 3.32. The van der Waals surface area contributed by atoms with Crippen molar-refractivity contribution in [1.82, 2.24) is 15.0 Å². The Hall–Kier alpha value is -3.81. The van der Waals surface area contributed by atoms with Crippen LogP contribution in [0.4, 0.5) is 37.5 Å². The number of para-hydroxylation sites is 1. The fourth-order valence-electron chi connectivity index (χ4n) is 2.65. The normalized spacial score (nSPS) is 10.7. The molecular weight excluding hydrogens is 350 g/mol. The Labute approximate surface area is 153 Å². The number of anilines is 5. The first-order valence-electron chi connectivity index (χ1n) is 8.05. The zero-order valence-electron chi connectivity index (χ0n) is 13.9. The Balaban J connectivity index is 1.69. The van der Waals surface area contributed by atoms with Gasteiger partial charge in [0.05, 0.1) is 16.9 Å². The molecule has 0 spiro atoms. The summed E-state index contributed by atoms with van der Waals surface area (Å²) in [6, 6.07) is 12.5. The lowest BCUT2D eigenvalue weighted by Gasteiger charge is -2.14. The Morgan fingerprint density at radius 2 is 1.56 bits per heavy atom. The molecule has 0 radical (unpaired) electrons. The molecule has 0 aliphatic rings. The lowest BCUT2D eigenvalue weighted by atomic mass is 10.2. The maximum atomic E-state index is 13.9. The van der Waals surface area contributed by atoms with Crippen LogP contribution < -0.4 is 16.4 Å². The summed E-state index contributed by atoms with van der Waals surface area (Å²) < 4.78 is 27.2. The first-order chi connectivity index (χ1) is 13.1. The summed E-state index contributed by atoms with van der Waals surface area (Å²) in [6.45, 7) is 0. The maximum Gasteiger partial charge on any atom is 0.159 e. The Bertz CT molecular complexity index is 1130. The molecule has 2 aromatic carbocycles. The van der Waals surface area contributed by atoms with Crippen LogP contribution in [-0.2, 0) is 0 Å². The molecule has 0 saturated heterocycles. The average Bonchev–Trinajstić information content (AvgIpc) is 2.68. The van der Waals surface area contributed by atoms with Crippen molar-refractivity contribution in [2.24, 2.45) is 0 Å². The van der Waals surface area contributed by atoms with E-state index in [1.807, 2.05) is 30.3 Å². The fraction of sp³-hybridized carbons (Fsp3) is 0. The number of nitrogens with two attached hydrogens (primary N) is 1. The van der Waals surface area contributed by atoms with E-state index in [2.05, 4.69) is 25.6 Å². The van der Waals surface area contributed by atoms with E-state index in [-0.39, 0.29) is 17.2 Å². The molecule has 2 aromatic heterocycles. The minimum Gasteiger partial charge on any atom is -0.393 e. The molecule has 2 heterocycles. The molecule has 0 aliphatic carbocycles. The van der Waals surface area contributed by atoms with Crippen LogP contribution in [0.5, 0.6) is 0 Å². The Morgan fingerprint density at radius 3 is 2.37 bits per heavy atom. The minimum atomic E-state index is -0.623. The Kier molecular flexibility index (Phi) is 4.21. The highest BCUT2D eigenvalue weighted by molar-refractivity contribution is 5.93. The molecule has 0 fully saturated rings. The van der Waals surface area contributed by atoms with E-state index < -0.39 is 11.6 Å². The summed E-state index contributed by atoms with van der Waals surface area (Å²) >= 11 is 0. The first kappa shape index (κ1) is 16.6. The number of hydrogen-bond donors (Lipinski definition) is 3. The summed E-state index contributed by atoms with van der Waals surface area (Å²) in [5, 5.41) is 6.77. The average molecular weight is 364 g/mol. The van der Waals surface area contributed by atoms with Gasteiger partial charge in [0, 0.05) is 17.6 Å². The second kappa shape index (κ2) is 6.83. The number of halogens is 2. The van der Waals surface area contributed by atoms with Crippen LogP contribution in [0.25, 0.3) is 10.9 Å². The van der Waals surface area contributed by atoms with Gasteiger partial charge in [0.25, 0.3) is 0 Å². The van der Waals surface area contributed by atoms with Gasteiger partial charge in [-0.25, -0.2) is 18.7 Å². The quantitative estimate of drug-likeness (QED) is 0.498. The predicted octanol–water partition coefficient (Wildman–Crippen LogP) is 4.37. The van der Waals surface area contributed by atoms with Crippen molar-refractivity contribution < 1.29 is 8.78 Å². The van der Waals surface area contributed by atoms with Gasteiger partial charge in [-0.2, -0.15) is 0 Å². The topological polar surface area (TPSA) is 88.8 Å². The van der Waals surface area contributed by atoms with Crippen molar-refractivity contribution in [3.8, 4) is 0 Å². The highest BCUT2D eigenvalue weighted by Crippen LogP contribution is 2.31. The van der Waals surface area contributed by atoms with Crippen LogP contribution in [0.2, 0.25) is 0 Å². The third-order valence-corrected chi connectivity index (χ3v) is 3.95. The van der Waals surface area contributed by atoms with E-state index in [9.17, 15) is 8.78 Å². The molecule has 6 nitrogen and oxygen atoms in total. The monoisotopic (exact) mass is 364 g/mol. The molecule has 27 heavy (non-hydrogen) atoms. The molecule has 4 rings (SSSR count). The van der Waals surface area contributed by atoms with Crippen molar-refractivity contribution in [1.29, 1.82) is 0 Å². The predicted molar refractivity (Wildman–Crippen MR) is 101 cm³/mol. The van der Waals surface area contributed by atoms with Crippen LogP contribution in [0.1, 0.15) is 0 Å². The molecule has 0 aliphatic heterocycles. The van der Waals surface area contributed by atoms with Crippen molar-refractivity contribution in [3.05, 3.63) is 72.7 Å². The molecule has 134 valence electrons. The zero-order valence-corrected chi connectivity index (χ0v) is 13.9. The standard InChI is InChI=1S/C19H14F2N6/c20-12-6-7-13(21)15(9-12)27-19-16(22)18(24-10-25-19)26-14-5-1-3-11-4-2-8-23-17(11)14/h1-10H,22H2,(H2,24,25,26,27). The van der Waals surface area contributed by atoms with Gasteiger partial charge in [-0.05, 0) is 24.3 Å². The van der Waals surface area contributed by atoms with Crippen molar-refractivity contribution in [2.75, 3.05) is 16.4 Å². The van der Waals surface area contributed by atoms with Gasteiger partial charge >= 0.3 is 0 Å². The highest BCUT2D eigenvalue weighted by Gasteiger charge is 2.12. The molecule has 0 unspecified atom stereocenters. The third-order valence-electron chi connectivity index (χ3n) is 3.95. The van der Waals surface area contributed by atoms with Crippen LogP contribution in [0, 0.1) is 11.6 Å². The number of hydrogen-bond acceptors (Lipinski definition) is 6.